The summed E-state index contributed by atoms with van der Waals surface area (Å²) in [6, 6.07) is 16.9. The zero-order valence-corrected chi connectivity index (χ0v) is 17.3. The maximum atomic E-state index is 14.2. The van der Waals surface area contributed by atoms with Crippen LogP contribution in [0, 0.1) is 0 Å². The van der Waals surface area contributed by atoms with Crippen LogP contribution in [0.15, 0.2) is 72.3 Å². The SMILES string of the molecule is O=C1C2=CC3C=CC2(C(=O)N1C1CCCCC1)c1c3c2ccccc2c2ccccc12. The van der Waals surface area contributed by atoms with Gasteiger partial charge in [0.2, 0.25) is 5.91 Å². The number of nitrogens with zero attached hydrogens (tertiary/aromatic N) is 1. The number of hydrogen-bond acceptors (Lipinski definition) is 2. The van der Waals surface area contributed by atoms with Crippen molar-refractivity contribution >= 4 is 33.4 Å². The summed E-state index contributed by atoms with van der Waals surface area (Å²) in [5.41, 5.74) is 1.96. The number of benzene rings is 3. The molecule has 152 valence electrons. The highest BCUT2D eigenvalue weighted by atomic mass is 16.2. The average molecular weight is 405 g/mol. The van der Waals surface area contributed by atoms with E-state index in [4.69, 9.17) is 0 Å². The first-order valence-electron chi connectivity index (χ1n) is 11.5. The van der Waals surface area contributed by atoms with Gasteiger partial charge in [-0.1, -0.05) is 86.0 Å². The predicted octanol–water partition coefficient (Wildman–Crippen LogP) is 5.53. The van der Waals surface area contributed by atoms with E-state index in [1.54, 1.807) is 4.90 Å². The smallest absolute Gasteiger partial charge is 0.258 e. The Hall–Kier alpha value is -3.20. The quantitative estimate of drug-likeness (QED) is 0.303. The van der Waals surface area contributed by atoms with Crippen molar-refractivity contribution in [2.24, 2.45) is 0 Å². The van der Waals surface area contributed by atoms with E-state index < -0.39 is 5.41 Å². The molecule has 5 aliphatic rings. The number of imide groups is 1. The van der Waals surface area contributed by atoms with E-state index in [1.807, 2.05) is 12.1 Å². The fraction of sp³-hybridized carbons (Fsp3) is 0.286. The Labute approximate surface area is 181 Å². The van der Waals surface area contributed by atoms with Gasteiger partial charge in [0, 0.05) is 17.5 Å². The fourth-order valence-electron chi connectivity index (χ4n) is 6.66. The number of rotatable bonds is 1. The Balaban J connectivity index is 1.57. The summed E-state index contributed by atoms with van der Waals surface area (Å²) in [7, 11) is 0. The summed E-state index contributed by atoms with van der Waals surface area (Å²) in [6.07, 6.45) is 11.5. The van der Waals surface area contributed by atoms with Crippen LogP contribution in [0.1, 0.15) is 49.1 Å². The number of fused-ring (bicyclic) bond motifs is 3. The molecular formula is C28H23NO2. The first kappa shape index (κ1) is 17.5. The summed E-state index contributed by atoms with van der Waals surface area (Å²) < 4.78 is 0. The van der Waals surface area contributed by atoms with Crippen LogP contribution in [-0.4, -0.2) is 22.8 Å². The van der Waals surface area contributed by atoms with Gasteiger partial charge in [0.05, 0.1) is 0 Å². The standard InChI is InChI=1S/C28H23NO2/c30-26-23-16-17-14-15-28(23,27(31)29(26)18-8-2-1-3-9-18)25-22-13-7-5-11-20(22)19-10-4-6-12-21(19)24(17)25/h4-7,10-18H,1-3,8-9H2. The maximum Gasteiger partial charge on any atom is 0.258 e. The van der Waals surface area contributed by atoms with Gasteiger partial charge in [0.1, 0.15) is 5.41 Å². The third kappa shape index (κ3) is 2.00. The molecule has 3 nitrogen and oxygen atoms in total. The molecule has 3 aromatic carbocycles. The third-order valence-corrected chi connectivity index (χ3v) is 7.97. The number of carbonyl (C=O) groups excluding carboxylic acids is 2. The second kappa shape index (κ2) is 5.94. The topological polar surface area (TPSA) is 37.4 Å². The van der Waals surface area contributed by atoms with Crippen LogP contribution in [0.4, 0.5) is 0 Å². The van der Waals surface area contributed by atoms with Crippen LogP contribution in [0.5, 0.6) is 0 Å². The van der Waals surface area contributed by atoms with Gasteiger partial charge in [-0.25, -0.2) is 0 Å². The van der Waals surface area contributed by atoms with E-state index >= 15 is 0 Å². The molecular weight excluding hydrogens is 382 g/mol. The zero-order chi connectivity index (χ0) is 20.7. The molecule has 2 unspecified atom stereocenters. The molecule has 3 aromatic rings. The fourth-order valence-corrected chi connectivity index (χ4v) is 6.66. The molecule has 2 fully saturated rings. The van der Waals surface area contributed by atoms with Gasteiger partial charge in [0.25, 0.3) is 5.91 Å². The van der Waals surface area contributed by atoms with Crippen molar-refractivity contribution in [2.45, 2.75) is 49.5 Å². The van der Waals surface area contributed by atoms with E-state index in [9.17, 15) is 9.59 Å². The lowest BCUT2D eigenvalue weighted by atomic mass is 9.60. The molecule has 0 aromatic heterocycles. The highest BCUT2D eigenvalue weighted by Gasteiger charge is 2.61. The average Bonchev–Trinajstić information content (AvgIpc) is 3.06. The van der Waals surface area contributed by atoms with Gasteiger partial charge < -0.3 is 0 Å². The van der Waals surface area contributed by atoms with Gasteiger partial charge >= 0.3 is 0 Å². The largest absolute Gasteiger partial charge is 0.274 e. The van der Waals surface area contributed by atoms with Crippen LogP contribution in [0.25, 0.3) is 21.5 Å². The van der Waals surface area contributed by atoms with Crippen LogP contribution < -0.4 is 0 Å². The predicted molar refractivity (Wildman–Crippen MR) is 122 cm³/mol. The van der Waals surface area contributed by atoms with Crippen LogP contribution in [0.3, 0.4) is 0 Å². The van der Waals surface area contributed by atoms with Gasteiger partial charge in [-0.05, 0) is 45.5 Å². The highest BCUT2D eigenvalue weighted by Crippen LogP contribution is 2.57. The molecule has 1 heterocycles. The lowest BCUT2D eigenvalue weighted by Gasteiger charge is -2.39. The van der Waals surface area contributed by atoms with E-state index in [0.717, 1.165) is 42.0 Å². The number of carbonyl (C=O) groups is 2. The minimum absolute atomic E-state index is 0.0319. The summed E-state index contributed by atoms with van der Waals surface area (Å²) in [5.74, 6) is -0.0645. The molecule has 2 amide bonds. The summed E-state index contributed by atoms with van der Waals surface area (Å²) in [5, 5.41) is 4.66. The molecule has 1 saturated heterocycles. The van der Waals surface area contributed by atoms with Crippen LogP contribution in [0.2, 0.25) is 0 Å². The first-order chi connectivity index (χ1) is 15.2. The number of hydrogen-bond donors (Lipinski definition) is 0. The Bertz CT molecular complexity index is 1370. The van der Waals surface area contributed by atoms with Gasteiger partial charge in [-0.3, -0.25) is 14.5 Å². The first-order valence-corrected chi connectivity index (χ1v) is 11.5. The van der Waals surface area contributed by atoms with Crippen molar-refractivity contribution in [3.05, 3.63) is 83.5 Å². The Morgan fingerprint density at radius 1 is 0.806 bits per heavy atom. The van der Waals surface area contributed by atoms with Crippen molar-refractivity contribution in [2.75, 3.05) is 0 Å². The second-order valence-corrected chi connectivity index (χ2v) is 9.43. The van der Waals surface area contributed by atoms with E-state index in [1.165, 1.54) is 22.8 Å². The van der Waals surface area contributed by atoms with E-state index in [2.05, 4.69) is 54.6 Å². The van der Waals surface area contributed by atoms with Crippen molar-refractivity contribution in [3.63, 3.8) is 0 Å². The lowest BCUT2D eigenvalue weighted by Crippen LogP contribution is -2.45. The Morgan fingerprint density at radius 3 is 2.19 bits per heavy atom. The van der Waals surface area contributed by atoms with Crippen molar-refractivity contribution in [1.29, 1.82) is 0 Å². The normalized spacial score (nSPS) is 27.2. The third-order valence-electron chi connectivity index (χ3n) is 7.97. The van der Waals surface area contributed by atoms with Crippen molar-refractivity contribution < 1.29 is 9.59 Å². The number of allylic oxidation sites excluding steroid dienone is 2. The monoisotopic (exact) mass is 405 g/mol. The van der Waals surface area contributed by atoms with Gasteiger partial charge in [-0.15, -0.1) is 0 Å². The highest BCUT2D eigenvalue weighted by molar-refractivity contribution is 6.25. The van der Waals surface area contributed by atoms with E-state index in [0.29, 0.717) is 5.57 Å². The lowest BCUT2D eigenvalue weighted by molar-refractivity contribution is -0.142. The molecule has 31 heavy (non-hydrogen) atoms. The zero-order valence-electron chi connectivity index (χ0n) is 17.3. The summed E-state index contributed by atoms with van der Waals surface area (Å²) in [4.78, 5) is 29.5. The maximum absolute atomic E-state index is 14.2. The molecule has 0 N–H and O–H groups in total. The van der Waals surface area contributed by atoms with Crippen molar-refractivity contribution in [1.82, 2.24) is 4.90 Å². The Kier molecular flexibility index (Phi) is 3.35. The van der Waals surface area contributed by atoms with E-state index in [-0.39, 0.29) is 23.8 Å². The van der Waals surface area contributed by atoms with Crippen LogP contribution >= 0.6 is 0 Å². The van der Waals surface area contributed by atoms with Gasteiger partial charge in [0.15, 0.2) is 0 Å². The summed E-state index contributed by atoms with van der Waals surface area (Å²) >= 11 is 0. The minimum atomic E-state index is -0.970. The van der Waals surface area contributed by atoms with Crippen molar-refractivity contribution in [3.8, 4) is 0 Å². The molecule has 0 radical (unpaired) electrons. The molecule has 1 spiro atoms. The molecule has 1 aliphatic heterocycles. The second-order valence-electron chi connectivity index (χ2n) is 9.43. The minimum Gasteiger partial charge on any atom is -0.274 e. The molecule has 2 bridgehead atoms. The molecule has 8 rings (SSSR count). The number of amides is 2. The number of likely N-dealkylation sites (tertiary alicyclic amines) is 1. The Morgan fingerprint density at radius 2 is 1.45 bits per heavy atom. The molecule has 2 atom stereocenters. The molecule has 4 aliphatic carbocycles. The molecule has 3 heteroatoms. The molecule has 1 saturated carbocycles. The summed E-state index contributed by atoms with van der Waals surface area (Å²) in [6.45, 7) is 0. The van der Waals surface area contributed by atoms with Gasteiger partial charge in [-0.2, -0.15) is 0 Å². The van der Waals surface area contributed by atoms with Crippen LogP contribution in [-0.2, 0) is 15.0 Å².